The molecule has 2 N–H and O–H groups in total. The summed E-state index contributed by atoms with van der Waals surface area (Å²) in [5.74, 6) is 3.11. The van der Waals surface area contributed by atoms with Crippen LogP contribution < -0.4 is 21.8 Å². The molecule has 0 bridgehead atoms. The molecule has 174 valence electrons. The number of aryl methyl sites for hydroxylation is 1. The molecular formula is C25H27N7O2. The maximum atomic E-state index is 13.8. The number of benzene rings is 1. The highest BCUT2D eigenvalue weighted by molar-refractivity contribution is 5.79. The van der Waals surface area contributed by atoms with E-state index >= 15 is 0 Å². The summed E-state index contributed by atoms with van der Waals surface area (Å²) in [5.41, 5.74) is 7.39. The highest BCUT2D eigenvalue weighted by Crippen LogP contribution is 2.22. The van der Waals surface area contributed by atoms with Gasteiger partial charge in [-0.15, -0.1) is 6.42 Å². The van der Waals surface area contributed by atoms with Gasteiger partial charge in [0.2, 0.25) is 5.95 Å². The second kappa shape index (κ2) is 8.80. The molecule has 1 atom stereocenters. The Labute approximate surface area is 196 Å². The normalized spacial score (nSPS) is 16.3. The molecular weight excluding hydrogens is 430 g/mol. The Balaban J connectivity index is 1.70. The molecule has 0 saturated carbocycles. The highest BCUT2D eigenvalue weighted by Gasteiger charge is 2.26. The zero-order valence-corrected chi connectivity index (χ0v) is 19.1. The lowest BCUT2D eigenvalue weighted by Crippen LogP contribution is -2.44. The fourth-order valence-electron chi connectivity index (χ4n) is 4.75. The summed E-state index contributed by atoms with van der Waals surface area (Å²) < 4.78 is 4.50. The van der Waals surface area contributed by atoms with Crippen molar-refractivity contribution >= 4 is 27.9 Å². The van der Waals surface area contributed by atoms with Gasteiger partial charge in [0.05, 0.1) is 17.8 Å². The van der Waals surface area contributed by atoms with Gasteiger partial charge in [0.15, 0.2) is 5.52 Å². The Morgan fingerprint density at radius 1 is 1.12 bits per heavy atom. The molecule has 9 nitrogen and oxygen atoms in total. The third kappa shape index (κ3) is 3.66. The van der Waals surface area contributed by atoms with Crippen LogP contribution in [0.1, 0.15) is 25.5 Å². The van der Waals surface area contributed by atoms with Crippen LogP contribution in [0.25, 0.3) is 21.9 Å². The number of aromatic nitrogens is 5. The number of hydrogen-bond acceptors (Lipinski definition) is 6. The number of hydrogen-bond donors (Lipinski definition) is 1. The molecule has 3 aromatic heterocycles. The monoisotopic (exact) mass is 457 g/mol. The Morgan fingerprint density at radius 2 is 1.94 bits per heavy atom. The molecule has 4 aromatic rings. The van der Waals surface area contributed by atoms with Crippen molar-refractivity contribution < 1.29 is 0 Å². The first kappa shape index (κ1) is 21.9. The SMILES string of the molecule is C#CCn1c(=O)c2nc(N3CCC[C@@H](N)C3)n(CC)c2c(=O)n1Cc1ccc2ccccc2n1. The number of fused-ring (bicyclic) bond motifs is 2. The number of pyridine rings is 1. The fraction of sp³-hybridized carbons (Fsp3) is 0.360. The van der Waals surface area contributed by atoms with Gasteiger partial charge in [0.25, 0.3) is 11.1 Å². The van der Waals surface area contributed by atoms with Gasteiger partial charge in [-0.25, -0.2) is 14.3 Å². The number of piperidine rings is 1. The molecule has 34 heavy (non-hydrogen) atoms. The molecule has 1 aromatic carbocycles. The van der Waals surface area contributed by atoms with Crippen LogP contribution in [0.5, 0.6) is 0 Å². The van der Waals surface area contributed by atoms with E-state index in [4.69, 9.17) is 12.2 Å². The van der Waals surface area contributed by atoms with E-state index in [1.165, 1.54) is 9.36 Å². The zero-order chi connectivity index (χ0) is 23.8. The molecule has 0 amide bonds. The summed E-state index contributed by atoms with van der Waals surface area (Å²) in [6.07, 6.45) is 7.45. The molecule has 4 heterocycles. The number of anilines is 1. The quantitative estimate of drug-likeness (QED) is 0.456. The first-order valence-corrected chi connectivity index (χ1v) is 11.5. The van der Waals surface area contributed by atoms with Crippen LogP contribution in [0, 0.1) is 12.3 Å². The Hall–Kier alpha value is -3.90. The average molecular weight is 458 g/mol. The highest BCUT2D eigenvalue weighted by atomic mass is 16.2. The summed E-state index contributed by atoms with van der Waals surface area (Å²) in [6, 6.07) is 11.6. The van der Waals surface area contributed by atoms with Crippen LogP contribution in [-0.2, 0) is 19.6 Å². The van der Waals surface area contributed by atoms with Gasteiger partial charge in [0, 0.05) is 31.1 Å². The lowest BCUT2D eigenvalue weighted by Gasteiger charge is -2.31. The van der Waals surface area contributed by atoms with Crippen LogP contribution in [0.3, 0.4) is 0 Å². The van der Waals surface area contributed by atoms with E-state index < -0.39 is 0 Å². The number of rotatable bonds is 5. The lowest BCUT2D eigenvalue weighted by atomic mass is 10.1. The van der Waals surface area contributed by atoms with Crippen LogP contribution >= 0.6 is 0 Å². The molecule has 0 spiro atoms. The maximum absolute atomic E-state index is 13.8. The van der Waals surface area contributed by atoms with E-state index in [1.54, 1.807) is 0 Å². The molecule has 0 radical (unpaired) electrons. The van der Waals surface area contributed by atoms with Gasteiger partial charge in [-0.2, -0.15) is 0 Å². The summed E-state index contributed by atoms with van der Waals surface area (Å²) >= 11 is 0. The average Bonchev–Trinajstić information content (AvgIpc) is 3.25. The van der Waals surface area contributed by atoms with Crippen molar-refractivity contribution in [2.75, 3.05) is 18.0 Å². The predicted molar refractivity (Wildman–Crippen MR) is 133 cm³/mol. The maximum Gasteiger partial charge on any atom is 0.294 e. The Kier molecular flexibility index (Phi) is 5.67. The Bertz CT molecular complexity index is 1540. The van der Waals surface area contributed by atoms with Crippen molar-refractivity contribution in [3.63, 3.8) is 0 Å². The number of imidazole rings is 1. The molecule has 1 aliphatic rings. The minimum Gasteiger partial charge on any atom is -0.341 e. The van der Waals surface area contributed by atoms with E-state index in [2.05, 4.69) is 20.8 Å². The van der Waals surface area contributed by atoms with E-state index in [9.17, 15) is 9.59 Å². The third-order valence-electron chi connectivity index (χ3n) is 6.38. The zero-order valence-electron chi connectivity index (χ0n) is 19.1. The van der Waals surface area contributed by atoms with Crippen molar-refractivity contribution in [1.29, 1.82) is 0 Å². The fourth-order valence-corrected chi connectivity index (χ4v) is 4.75. The van der Waals surface area contributed by atoms with Crippen LogP contribution in [0.4, 0.5) is 5.95 Å². The van der Waals surface area contributed by atoms with E-state index in [0.29, 0.717) is 24.7 Å². The molecule has 0 unspecified atom stereocenters. The van der Waals surface area contributed by atoms with E-state index in [-0.39, 0.29) is 41.3 Å². The summed E-state index contributed by atoms with van der Waals surface area (Å²) in [5, 5.41) is 1.00. The minimum atomic E-state index is -0.386. The molecule has 5 rings (SSSR count). The topological polar surface area (TPSA) is 104 Å². The smallest absolute Gasteiger partial charge is 0.294 e. The minimum absolute atomic E-state index is 0.0348. The van der Waals surface area contributed by atoms with Crippen molar-refractivity contribution in [1.82, 2.24) is 23.9 Å². The summed E-state index contributed by atoms with van der Waals surface area (Å²) in [4.78, 5) is 38.7. The third-order valence-corrected chi connectivity index (χ3v) is 6.38. The van der Waals surface area contributed by atoms with Crippen molar-refractivity contribution in [3.05, 3.63) is 62.8 Å². The predicted octanol–water partition coefficient (Wildman–Crippen LogP) is 1.54. The summed E-state index contributed by atoms with van der Waals surface area (Å²) in [6.45, 7) is 3.94. The van der Waals surface area contributed by atoms with Crippen molar-refractivity contribution in [2.24, 2.45) is 5.73 Å². The molecule has 1 aliphatic heterocycles. The van der Waals surface area contributed by atoms with Crippen molar-refractivity contribution in [2.45, 2.75) is 45.4 Å². The van der Waals surface area contributed by atoms with E-state index in [0.717, 1.165) is 30.3 Å². The van der Waals surface area contributed by atoms with E-state index in [1.807, 2.05) is 47.9 Å². The number of terminal acetylenes is 1. The van der Waals surface area contributed by atoms with Crippen molar-refractivity contribution in [3.8, 4) is 12.3 Å². The first-order chi connectivity index (χ1) is 16.5. The standard InChI is InChI=1S/C25H27N7O2/c1-3-13-31-23(33)21-22(30(4-2)25(28-21)29-14-7-9-18(26)15-29)24(34)32(31)16-19-12-11-17-8-5-6-10-20(17)27-19/h1,5-6,8,10-12,18H,4,7,9,13-16,26H2,2H3/t18-/m1/s1. The van der Waals surface area contributed by atoms with Gasteiger partial charge in [-0.05, 0) is 31.9 Å². The van der Waals surface area contributed by atoms with Gasteiger partial charge in [-0.3, -0.25) is 14.6 Å². The van der Waals surface area contributed by atoms with Crippen LogP contribution in [-0.4, -0.2) is 43.0 Å². The summed E-state index contributed by atoms with van der Waals surface area (Å²) in [7, 11) is 0. The van der Waals surface area contributed by atoms with Crippen LogP contribution in [0.15, 0.2) is 46.0 Å². The second-order valence-electron chi connectivity index (χ2n) is 8.63. The number of nitrogens with zero attached hydrogens (tertiary/aromatic N) is 6. The van der Waals surface area contributed by atoms with Gasteiger partial charge in [-0.1, -0.05) is 30.2 Å². The number of para-hydroxylation sites is 1. The Morgan fingerprint density at radius 3 is 2.71 bits per heavy atom. The molecule has 1 saturated heterocycles. The van der Waals surface area contributed by atoms with Gasteiger partial charge in [0.1, 0.15) is 12.1 Å². The van der Waals surface area contributed by atoms with Gasteiger partial charge >= 0.3 is 0 Å². The molecule has 1 fully saturated rings. The second-order valence-corrected chi connectivity index (χ2v) is 8.63. The lowest BCUT2D eigenvalue weighted by molar-refractivity contribution is 0.476. The molecule has 9 heteroatoms. The first-order valence-electron chi connectivity index (χ1n) is 11.5. The van der Waals surface area contributed by atoms with Gasteiger partial charge < -0.3 is 15.2 Å². The molecule has 0 aliphatic carbocycles. The van der Waals surface area contributed by atoms with Crippen LogP contribution in [0.2, 0.25) is 0 Å². The largest absolute Gasteiger partial charge is 0.341 e. The number of nitrogens with two attached hydrogens (primary N) is 1.